The largest absolute Gasteiger partial charge is 0.462 e. The van der Waals surface area contributed by atoms with E-state index in [0.717, 1.165) is 34.4 Å². The average Bonchev–Trinajstić information content (AvgIpc) is 3.55. The molecule has 0 saturated heterocycles. The highest BCUT2D eigenvalue weighted by Crippen LogP contribution is 2.45. The van der Waals surface area contributed by atoms with Crippen LogP contribution in [0.4, 0.5) is 5.13 Å². The fraction of sp³-hybridized carbons (Fsp3) is 0.321. The lowest BCUT2D eigenvalue weighted by molar-refractivity contribution is 0.0526. The van der Waals surface area contributed by atoms with Crippen LogP contribution in [0.15, 0.2) is 53.6 Å². The molecule has 0 unspecified atom stereocenters. The molecule has 7 nitrogen and oxygen atoms in total. The molecule has 38 heavy (non-hydrogen) atoms. The Balaban J connectivity index is 0.000000231. The summed E-state index contributed by atoms with van der Waals surface area (Å²) >= 11 is 13.7. The molecule has 2 heterocycles. The number of anilines is 1. The molecule has 2 aromatic carbocycles. The number of ether oxygens (including phenoxy) is 1. The summed E-state index contributed by atoms with van der Waals surface area (Å²) in [4.78, 5) is 15.5. The summed E-state index contributed by atoms with van der Waals surface area (Å²) < 4.78 is 11.2. The predicted molar refractivity (Wildman–Crippen MR) is 159 cm³/mol. The van der Waals surface area contributed by atoms with Gasteiger partial charge < -0.3 is 20.7 Å². The van der Waals surface area contributed by atoms with E-state index in [1.165, 1.54) is 11.3 Å². The number of benzene rings is 2. The zero-order valence-electron chi connectivity index (χ0n) is 22.1. The first kappa shape index (κ1) is 31.3. The standard InChI is InChI=1S/C13H12Cl2N2O.C10H10N2O2S.C3H6.C2H6/c14-9-2-1-3-10(15)11(9)12-8(6-16)13(18-17-12)7-4-5-7;1-2-14-9(13)6-3-4-7-8(5-6)15-10(11)12-7;1-3-2;1-2/h1-3,7H,4-6,16H2;3-5H,2H2,1H3,(H2,11,12);3H,1H2,2H3;1-2H3. The van der Waals surface area contributed by atoms with Gasteiger partial charge in [0.2, 0.25) is 0 Å². The number of nitrogens with zero attached hydrogens (tertiary/aromatic N) is 2. The van der Waals surface area contributed by atoms with Crippen LogP contribution in [-0.2, 0) is 11.3 Å². The van der Waals surface area contributed by atoms with Gasteiger partial charge in [-0.1, -0.05) is 65.7 Å². The van der Waals surface area contributed by atoms with Crippen molar-refractivity contribution >= 4 is 55.9 Å². The molecule has 0 aliphatic heterocycles. The molecule has 0 radical (unpaired) electrons. The zero-order valence-corrected chi connectivity index (χ0v) is 24.4. The number of hydrogen-bond acceptors (Lipinski definition) is 8. The minimum atomic E-state index is -0.314. The van der Waals surface area contributed by atoms with Gasteiger partial charge in [-0.25, -0.2) is 9.78 Å². The lowest BCUT2D eigenvalue weighted by Crippen LogP contribution is -2.03. The molecule has 10 heteroatoms. The molecule has 204 valence electrons. The van der Waals surface area contributed by atoms with Crippen LogP contribution in [-0.4, -0.2) is 22.7 Å². The number of allylic oxidation sites excluding steroid dienone is 1. The van der Waals surface area contributed by atoms with Crippen LogP contribution in [0.2, 0.25) is 10.0 Å². The van der Waals surface area contributed by atoms with Crippen LogP contribution >= 0.6 is 34.5 Å². The highest BCUT2D eigenvalue weighted by atomic mass is 35.5. The number of nitrogen functional groups attached to an aromatic ring is 1. The van der Waals surface area contributed by atoms with Gasteiger partial charge in [-0.3, -0.25) is 0 Å². The van der Waals surface area contributed by atoms with Crippen molar-refractivity contribution in [2.45, 2.75) is 53.0 Å². The fourth-order valence-electron chi connectivity index (χ4n) is 3.39. The molecule has 0 amide bonds. The average molecular weight is 578 g/mol. The Morgan fingerprint density at radius 1 is 1.24 bits per heavy atom. The van der Waals surface area contributed by atoms with Crippen molar-refractivity contribution in [3.63, 3.8) is 0 Å². The normalized spacial score (nSPS) is 11.8. The molecule has 4 N–H and O–H groups in total. The Labute approximate surface area is 237 Å². The number of rotatable bonds is 5. The number of halogens is 2. The molecular weight excluding hydrogens is 543 g/mol. The highest BCUT2D eigenvalue weighted by Gasteiger charge is 2.32. The summed E-state index contributed by atoms with van der Waals surface area (Å²) in [6.45, 7) is 11.8. The van der Waals surface area contributed by atoms with Crippen molar-refractivity contribution in [2.75, 3.05) is 12.3 Å². The van der Waals surface area contributed by atoms with Crippen molar-refractivity contribution in [3.05, 3.63) is 76.0 Å². The Hall–Kier alpha value is -2.91. The van der Waals surface area contributed by atoms with Gasteiger partial charge in [-0.15, -0.1) is 6.58 Å². The predicted octanol–water partition coefficient (Wildman–Crippen LogP) is 8.26. The monoisotopic (exact) mass is 576 g/mol. The second kappa shape index (κ2) is 15.5. The molecular formula is C28H34Cl2N4O3S. The lowest BCUT2D eigenvalue weighted by atomic mass is 10.0. The molecule has 4 aromatic rings. The fourth-order valence-corrected chi connectivity index (χ4v) is 4.74. The van der Waals surface area contributed by atoms with Crippen LogP contribution in [0.5, 0.6) is 0 Å². The molecule has 0 atom stereocenters. The van der Waals surface area contributed by atoms with E-state index in [1.807, 2.05) is 20.8 Å². The quantitative estimate of drug-likeness (QED) is 0.181. The molecule has 0 bridgehead atoms. The molecule has 0 spiro atoms. The van der Waals surface area contributed by atoms with Crippen molar-refractivity contribution in [1.29, 1.82) is 0 Å². The Bertz CT molecular complexity index is 1330. The summed E-state index contributed by atoms with van der Waals surface area (Å²) in [6, 6.07) is 10.6. The number of thiazole rings is 1. The summed E-state index contributed by atoms with van der Waals surface area (Å²) in [5.41, 5.74) is 15.0. The zero-order chi connectivity index (χ0) is 28.2. The molecule has 1 fully saturated rings. The summed E-state index contributed by atoms with van der Waals surface area (Å²) in [5, 5.41) is 5.75. The van der Waals surface area contributed by atoms with Crippen LogP contribution < -0.4 is 11.5 Å². The van der Waals surface area contributed by atoms with E-state index in [9.17, 15) is 4.79 Å². The first-order valence-electron chi connectivity index (χ1n) is 12.4. The molecule has 1 aliphatic rings. The summed E-state index contributed by atoms with van der Waals surface area (Å²) in [5.74, 6) is 1.04. The molecule has 2 aromatic heterocycles. The van der Waals surface area contributed by atoms with Crippen molar-refractivity contribution < 1.29 is 14.1 Å². The topological polar surface area (TPSA) is 117 Å². The van der Waals surface area contributed by atoms with E-state index in [0.29, 0.717) is 51.1 Å². The second-order valence-corrected chi connectivity index (χ2v) is 9.69. The van der Waals surface area contributed by atoms with Crippen LogP contribution in [0.25, 0.3) is 21.5 Å². The van der Waals surface area contributed by atoms with Gasteiger partial charge in [0.05, 0.1) is 32.4 Å². The smallest absolute Gasteiger partial charge is 0.338 e. The van der Waals surface area contributed by atoms with Gasteiger partial charge in [-0.05, 0) is 57.0 Å². The number of esters is 1. The van der Waals surface area contributed by atoms with E-state index in [1.54, 1.807) is 49.4 Å². The third-order valence-corrected chi connectivity index (χ3v) is 6.56. The van der Waals surface area contributed by atoms with Crippen molar-refractivity contribution in [3.8, 4) is 11.3 Å². The second-order valence-electron chi connectivity index (χ2n) is 7.81. The maximum atomic E-state index is 11.4. The van der Waals surface area contributed by atoms with Gasteiger partial charge in [0.1, 0.15) is 11.5 Å². The Kier molecular flexibility index (Phi) is 12.8. The first-order chi connectivity index (χ1) is 18.3. The van der Waals surface area contributed by atoms with E-state index in [-0.39, 0.29) is 5.97 Å². The minimum Gasteiger partial charge on any atom is -0.462 e. The minimum absolute atomic E-state index is 0.314. The third-order valence-electron chi connectivity index (χ3n) is 5.09. The van der Waals surface area contributed by atoms with Gasteiger partial charge in [-0.2, -0.15) is 0 Å². The maximum absolute atomic E-state index is 11.4. The van der Waals surface area contributed by atoms with E-state index in [2.05, 4.69) is 16.7 Å². The van der Waals surface area contributed by atoms with E-state index >= 15 is 0 Å². The number of carbonyl (C=O) groups is 1. The number of fused-ring (bicyclic) bond motifs is 1. The number of carbonyl (C=O) groups excluding carboxylic acids is 1. The lowest BCUT2D eigenvalue weighted by Gasteiger charge is -2.05. The first-order valence-corrected chi connectivity index (χ1v) is 13.9. The van der Waals surface area contributed by atoms with Gasteiger partial charge in [0.25, 0.3) is 0 Å². The molecule has 1 saturated carbocycles. The van der Waals surface area contributed by atoms with E-state index in [4.69, 9.17) is 43.9 Å². The van der Waals surface area contributed by atoms with Gasteiger partial charge in [0.15, 0.2) is 5.13 Å². The van der Waals surface area contributed by atoms with Crippen LogP contribution in [0.3, 0.4) is 0 Å². The van der Waals surface area contributed by atoms with Crippen molar-refractivity contribution in [2.24, 2.45) is 5.73 Å². The van der Waals surface area contributed by atoms with Crippen LogP contribution in [0, 0.1) is 0 Å². The van der Waals surface area contributed by atoms with Gasteiger partial charge >= 0.3 is 5.97 Å². The Morgan fingerprint density at radius 2 is 1.87 bits per heavy atom. The molecule has 5 rings (SSSR count). The summed E-state index contributed by atoms with van der Waals surface area (Å²) in [6.07, 6.45) is 4.02. The molecule has 1 aliphatic carbocycles. The van der Waals surface area contributed by atoms with Crippen molar-refractivity contribution in [1.82, 2.24) is 10.1 Å². The van der Waals surface area contributed by atoms with E-state index < -0.39 is 0 Å². The maximum Gasteiger partial charge on any atom is 0.338 e. The number of nitrogens with two attached hydrogens (primary N) is 2. The van der Waals surface area contributed by atoms with Gasteiger partial charge in [0, 0.05) is 23.6 Å². The Morgan fingerprint density at radius 3 is 2.42 bits per heavy atom. The number of hydrogen-bond donors (Lipinski definition) is 2. The number of aromatic nitrogens is 2. The summed E-state index contributed by atoms with van der Waals surface area (Å²) in [7, 11) is 0. The highest BCUT2D eigenvalue weighted by molar-refractivity contribution is 7.22. The SMILES string of the molecule is C=CC.CC.CCOC(=O)c1ccc2nc(N)sc2c1.NCc1c(-c2c(Cl)cccc2Cl)noc1C1CC1. The third kappa shape index (κ3) is 8.04. The van der Waals surface area contributed by atoms with Crippen LogP contribution in [0.1, 0.15) is 68.1 Å².